The van der Waals surface area contributed by atoms with Crippen LogP contribution in [0.2, 0.25) is 0 Å². The Labute approximate surface area is 176 Å². The van der Waals surface area contributed by atoms with E-state index in [1.165, 1.54) is 16.4 Å². The number of thiocarbonyl (C=S) groups is 1. The lowest BCUT2D eigenvalue weighted by molar-refractivity contribution is 0.0977. The van der Waals surface area contributed by atoms with E-state index < -0.39 is 10.0 Å². The lowest BCUT2D eigenvalue weighted by atomic mass is 10.2. The van der Waals surface area contributed by atoms with Crippen LogP contribution in [0.5, 0.6) is 5.75 Å². The van der Waals surface area contributed by atoms with Crippen molar-refractivity contribution in [3.8, 4) is 5.75 Å². The number of hydrogen-bond donors (Lipinski definition) is 2. The summed E-state index contributed by atoms with van der Waals surface area (Å²) in [5.74, 6) is 0.242. The second kappa shape index (κ2) is 9.34. The Morgan fingerprint density at radius 2 is 1.83 bits per heavy atom. The molecule has 1 aliphatic rings. The predicted molar refractivity (Wildman–Crippen MR) is 116 cm³/mol. The fraction of sp³-hybridized carbons (Fsp3) is 0.300. The van der Waals surface area contributed by atoms with Crippen LogP contribution >= 0.6 is 12.2 Å². The first-order chi connectivity index (χ1) is 13.9. The fourth-order valence-corrected chi connectivity index (χ4v) is 4.75. The maximum Gasteiger partial charge on any atom is 0.257 e. The lowest BCUT2D eigenvalue weighted by Gasteiger charge is -2.16. The molecule has 3 rings (SSSR count). The van der Waals surface area contributed by atoms with Gasteiger partial charge in [-0.3, -0.25) is 10.1 Å². The van der Waals surface area contributed by atoms with E-state index >= 15 is 0 Å². The van der Waals surface area contributed by atoms with Gasteiger partial charge in [0.1, 0.15) is 5.75 Å². The molecular weight excluding hydrogens is 410 g/mol. The Bertz CT molecular complexity index is 985. The normalized spacial score (nSPS) is 14.4. The van der Waals surface area contributed by atoms with Crippen molar-refractivity contribution in [3.63, 3.8) is 0 Å². The van der Waals surface area contributed by atoms with Gasteiger partial charge < -0.3 is 10.1 Å². The van der Waals surface area contributed by atoms with E-state index in [4.69, 9.17) is 17.0 Å². The van der Waals surface area contributed by atoms with E-state index in [1.54, 1.807) is 36.4 Å². The molecule has 0 aromatic heterocycles. The van der Waals surface area contributed by atoms with Gasteiger partial charge in [-0.15, -0.1) is 0 Å². The van der Waals surface area contributed by atoms with Crippen molar-refractivity contribution in [3.05, 3.63) is 54.1 Å². The number of nitrogens with one attached hydrogen (secondary N) is 2. The summed E-state index contributed by atoms with van der Waals surface area (Å²) in [6.45, 7) is 3.49. The summed E-state index contributed by atoms with van der Waals surface area (Å²) in [6, 6.07) is 13.1. The van der Waals surface area contributed by atoms with Crippen molar-refractivity contribution < 1.29 is 17.9 Å². The van der Waals surface area contributed by atoms with Gasteiger partial charge in [-0.25, -0.2) is 8.42 Å². The second-order valence-electron chi connectivity index (χ2n) is 6.50. The van der Waals surface area contributed by atoms with E-state index in [2.05, 4.69) is 10.6 Å². The molecule has 1 amide bonds. The number of rotatable bonds is 6. The summed E-state index contributed by atoms with van der Waals surface area (Å²) in [7, 11) is -3.46. The van der Waals surface area contributed by atoms with Crippen LogP contribution in [-0.2, 0) is 10.0 Å². The van der Waals surface area contributed by atoms with Crippen LogP contribution in [0.1, 0.15) is 30.1 Å². The van der Waals surface area contributed by atoms with Crippen molar-refractivity contribution in [1.29, 1.82) is 0 Å². The predicted octanol–water partition coefficient (Wildman–Crippen LogP) is 3.00. The van der Waals surface area contributed by atoms with Gasteiger partial charge in [0.05, 0.1) is 11.5 Å². The summed E-state index contributed by atoms with van der Waals surface area (Å²) >= 11 is 5.19. The Hall–Kier alpha value is -2.49. The third-order valence-corrected chi connectivity index (χ3v) is 6.57. The lowest BCUT2D eigenvalue weighted by Crippen LogP contribution is -2.34. The molecule has 1 aliphatic heterocycles. The minimum absolute atomic E-state index is 0.118. The molecule has 0 spiro atoms. The van der Waals surface area contributed by atoms with E-state index in [9.17, 15) is 13.2 Å². The summed E-state index contributed by atoms with van der Waals surface area (Å²) < 4.78 is 32.0. The van der Waals surface area contributed by atoms with Crippen LogP contribution in [0.3, 0.4) is 0 Å². The molecule has 2 aromatic carbocycles. The van der Waals surface area contributed by atoms with Crippen LogP contribution in [-0.4, -0.2) is 43.4 Å². The van der Waals surface area contributed by atoms with Gasteiger partial charge >= 0.3 is 0 Å². The van der Waals surface area contributed by atoms with Crippen LogP contribution < -0.4 is 15.4 Å². The zero-order valence-electron chi connectivity index (χ0n) is 16.1. The van der Waals surface area contributed by atoms with Crippen molar-refractivity contribution in [2.45, 2.75) is 24.7 Å². The van der Waals surface area contributed by atoms with Crippen LogP contribution in [0, 0.1) is 0 Å². The van der Waals surface area contributed by atoms with Gasteiger partial charge in [-0.1, -0.05) is 6.07 Å². The highest BCUT2D eigenvalue weighted by atomic mass is 32.2. The largest absolute Gasteiger partial charge is 0.494 e. The van der Waals surface area contributed by atoms with Crippen molar-refractivity contribution in [1.82, 2.24) is 9.62 Å². The highest BCUT2D eigenvalue weighted by molar-refractivity contribution is 7.89. The van der Waals surface area contributed by atoms with Gasteiger partial charge in [0.25, 0.3) is 5.91 Å². The zero-order valence-corrected chi connectivity index (χ0v) is 17.7. The maximum absolute atomic E-state index is 12.6. The first kappa shape index (κ1) is 21.2. The molecule has 29 heavy (non-hydrogen) atoms. The SMILES string of the molecule is CCOc1cccc(C(=O)NC(=S)Nc2ccc(S(=O)(=O)N3CCCC3)cc2)c1. The molecule has 1 fully saturated rings. The van der Waals surface area contributed by atoms with Crippen LogP contribution in [0.25, 0.3) is 0 Å². The zero-order chi connectivity index (χ0) is 20.9. The van der Waals surface area contributed by atoms with Gasteiger partial charge in [0.2, 0.25) is 10.0 Å². The summed E-state index contributed by atoms with van der Waals surface area (Å²) in [5, 5.41) is 5.61. The van der Waals surface area contributed by atoms with Gasteiger partial charge in [-0.2, -0.15) is 4.31 Å². The molecule has 0 saturated carbocycles. The molecule has 0 aliphatic carbocycles. The summed E-state index contributed by atoms with van der Waals surface area (Å²) in [4.78, 5) is 12.6. The highest BCUT2D eigenvalue weighted by Gasteiger charge is 2.26. The number of benzene rings is 2. The second-order valence-corrected chi connectivity index (χ2v) is 8.85. The summed E-state index contributed by atoms with van der Waals surface area (Å²) in [6.07, 6.45) is 1.78. The Morgan fingerprint density at radius 1 is 1.14 bits per heavy atom. The maximum atomic E-state index is 12.6. The van der Waals surface area contributed by atoms with Crippen molar-refractivity contribution >= 4 is 38.9 Å². The number of sulfonamides is 1. The van der Waals surface area contributed by atoms with Crippen LogP contribution in [0.15, 0.2) is 53.4 Å². The minimum atomic E-state index is -3.46. The molecule has 0 radical (unpaired) electrons. The molecule has 9 heteroatoms. The molecule has 154 valence electrons. The molecule has 0 atom stereocenters. The van der Waals surface area contributed by atoms with E-state index in [0.717, 1.165) is 12.8 Å². The van der Waals surface area contributed by atoms with Gasteiger partial charge in [0.15, 0.2) is 5.11 Å². The van der Waals surface area contributed by atoms with E-state index in [1.807, 2.05) is 6.92 Å². The van der Waals surface area contributed by atoms with E-state index in [0.29, 0.717) is 36.7 Å². The molecule has 0 bridgehead atoms. The average Bonchev–Trinajstić information content (AvgIpc) is 3.24. The smallest absolute Gasteiger partial charge is 0.257 e. The Balaban J connectivity index is 1.60. The number of nitrogens with zero attached hydrogens (tertiary/aromatic N) is 1. The first-order valence-corrected chi connectivity index (χ1v) is 11.2. The number of hydrogen-bond acceptors (Lipinski definition) is 5. The average molecular weight is 434 g/mol. The molecule has 2 aromatic rings. The third-order valence-electron chi connectivity index (χ3n) is 4.45. The van der Waals surface area contributed by atoms with Gasteiger partial charge in [0, 0.05) is 24.3 Å². The third kappa shape index (κ3) is 5.31. The molecule has 7 nitrogen and oxygen atoms in total. The number of anilines is 1. The molecule has 2 N–H and O–H groups in total. The number of carbonyl (C=O) groups is 1. The standard InChI is InChI=1S/C20H23N3O4S2/c1-2-27-17-7-5-6-15(14-17)19(24)22-20(28)21-16-8-10-18(11-9-16)29(25,26)23-12-3-4-13-23/h5-11,14H,2-4,12-13H2,1H3,(H2,21,22,24,28). The van der Waals surface area contributed by atoms with Crippen LogP contribution in [0.4, 0.5) is 5.69 Å². The topological polar surface area (TPSA) is 87.7 Å². The minimum Gasteiger partial charge on any atom is -0.494 e. The molecular formula is C20H23N3O4S2. The quantitative estimate of drug-likeness (QED) is 0.681. The number of amides is 1. The fourth-order valence-electron chi connectivity index (χ4n) is 3.02. The van der Waals surface area contributed by atoms with Gasteiger partial charge in [-0.05, 0) is 74.4 Å². The highest BCUT2D eigenvalue weighted by Crippen LogP contribution is 2.22. The number of carbonyl (C=O) groups excluding carboxylic acids is 1. The summed E-state index contributed by atoms with van der Waals surface area (Å²) in [5.41, 5.74) is 1.01. The monoisotopic (exact) mass is 433 g/mol. The Morgan fingerprint density at radius 3 is 2.48 bits per heavy atom. The molecule has 1 saturated heterocycles. The van der Waals surface area contributed by atoms with Crippen molar-refractivity contribution in [2.75, 3.05) is 25.0 Å². The molecule has 0 unspecified atom stereocenters. The van der Waals surface area contributed by atoms with Crippen molar-refractivity contribution in [2.24, 2.45) is 0 Å². The molecule has 1 heterocycles. The number of ether oxygens (including phenoxy) is 1. The van der Waals surface area contributed by atoms with E-state index in [-0.39, 0.29) is 15.9 Å². The Kier molecular flexibility index (Phi) is 6.83. The first-order valence-electron chi connectivity index (χ1n) is 9.35.